The third-order valence-electron chi connectivity index (χ3n) is 5.49. The molecule has 1 atom stereocenters. The molecule has 1 aliphatic heterocycles. The van der Waals surface area contributed by atoms with Gasteiger partial charge in [0.05, 0.1) is 23.5 Å². The molecule has 4 heterocycles. The first kappa shape index (κ1) is 19.2. The molecule has 0 radical (unpaired) electrons. The maximum atomic E-state index is 6.32. The lowest BCUT2D eigenvalue weighted by atomic mass is 10.1. The van der Waals surface area contributed by atoms with Crippen LogP contribution in [-0.4, -0.2) is 15.7 Å². The summed E-state index contributed by atoms with van der Waals surface area (Å²) in [6.07, 6.45) is 2.38. The Kier molecular flexibility index (Phi) is 4.74. The summed E-state index contributed by atoms with van der Waals surface area (Å²) in [6, 6.07) is 23.8. The number of fused-ring (bicyclic) bond motifs is 1. The molecule has 5 aromatic rings. The monoisotopic (exact) mass is 456 g/mol. The normalized spacial score (nSPS) is 16.0. The second-order valence-electron chi connectivity index (χ2n) is 7.50. The second kappa shape index (κ2) is 7.89. The van der Waals surface area contributed by atoms with Crippen LogP contribution in [0.4, 0.5) is 5.95 Å². The van der Waals surface area contributed by atoms with Crippen LogP contribution >= 0.6 is 22.9 Å². The molecule has 0 fully saturated rings. The topological polar surface area (TPSA) is 54.5 Å². The lowest BCUT2D eigenvalue weighted by Gasteiger charge is -2.21. The highest BCUT2D eigenvalue weighted by Crippen LogP contribution is 2.39. The first-order valence-electron chi connectivity index (χ1n) is 10.2. The van der Waals surface area contributed by atoms with E-state index in [1.54, 1.807) is 17.6 Å². The highest BCUT2D eigenvalue weighted by molar-refractivity contribution is 7.10. The molecule has 156 valence electrons. The number of aromatic nitrogens is 2. The van der Waals surface area contributed by atoms with Crippen LogP contribution in [-0.2, 0) is 0 Å². The van der Waals surface area contributed by atoms with Crippen molar-refractivity contribution in [2.45, 2.75) is 12.5 Å². The van der Waals surface area contributed by atoms with E-state index in [1.165, 1.54) is 4.88 Å². The molecule has 3 aromatic heterocycles. The van der Waals surface area contributed by atoms with Crippen molar-refractivity contribution in [3.8, 4) is 11.3 Å². The van der Waals surface area contributed by atoms with Gasteiger partial charge in [0, 0.05) is 27.3 Å². The minimum atomic E-state index is -0.00430. The van der Waals surface area contributed by atoms with Crippen molar-refractivity contribution >= 4 is 45.5 Å². The Hall–Kier alpha value is -3.48. The number of benzene rings is 2. The molecule has 0 saturated heterocycles. The zero-order valence-corrected chi connectivity index (χ0v) is 18.4. The Morgan fingerprint density at radius 2 is 1.88 bits per heavy atom. The summed E-state index contributed by atoms with van der Waals surface area (Å²) in [6.45, 7) is 0. The molecule has 1 aliphatic rings. The van der Waals surface area contributed by atoms with Crippen LogP contribution in [0.25, 0.3) is 22.2 Å². The first-order chi connectivity index (χ1) is 15.8. The van der Waals surface area contributed by atoms with Crippen molar-refractivity contribution in [1.29, 1.82) is 0 Å². The summed E-state index contributed by atoms with van der Waals surface area (Å²) in [5.41, 5.74) is 3.54. The number of halogens is 1. The molecule has 6 rings (SSSR count). The van der Waals surface area contributed by atoms with Crippen molar-refractivity contribution in [1.82, 2.24) is 9.97 Å². The highest BCUT2D eigenvalue weighted by atomic mass is 35.5. The minimum Gasteiger partial charge on any atom is -0.463 e. The van der Waals surface area contributed by atoms with E-state index in [-0.39, 0.29) is 6.04 Å². The number of hydrogen-bond acceptors (Lipinski definition) is 6. The van der Waals surface area contributed by atoms with E-state index >= 15 is 0 Å². The van der Waals surface area contributed by atoms with Gasteiger partial charge in [-0.15, -0.1) is 11.3 Å². The Bertz CT molecular complexity index is 1420. The van der Waals surface area contributed by atoms with E-state index in [4.69, 9.17) is 31.1 Å². The zero-order valence-electron chi connectivity index (χ0n) is 16.9. The van der Waals surface area contributed by atoms with Gasteiger partial charge in [0.25, 0.3) is 0 Å². The zero-order chi connectivity index (χ0) is 21.5. The fourth-order valence-corrected chi connectivity index (χ4v) is 4.98. The molecular weight excluding hydrogens is 440 g/mol. The standard InChI is InChI=1S/C25H17ClN4OS/c26-17-10-11-18-19(14-17)27-25(28-24(18)16-6-2-1-3-7-16)30-21(23-9-5-13-32-23)15-20(29-30)22-8-4-12-31-22/h1-14,21H,15H2/t21-/m1/s1. The molecule has 0 bridgehead atoms. The van der Waals surface area contributed by atoms with Gasteiger partial charge in [-0.3, -0.25) is 0 Å². The van der Waals surface area contributed by atoms with Gasteiger partial charge < -0.3 is 4.42 Å². The molecule has 2 aromatic carbocycles. The molecule has 0 N–H and O–H groups in total. The maximum Gasteiger partial charge on any atom is 0.247 e. The Balaban J connectivity index is 1.55. The highest BCUT2D eigenvalue weighted by Gasteiger charge is 2.33. The van der Waals surface area contributed by atoms with E-state index in [1.807, 2.05) is 53.5 Å². The quantitative estimate of drug-likeness (QED) is 0.293. The van der Waals surface area contributed by atoms with Gasteiger partial charge in [-0.1, -0.05) is 48.0 Å². The van der Waals surface area contributed by atoms with Gasteiger partial charge >= 0.3 is 0 Å². The van der Waals surface area contributed by atoms with Gasteiger partial charge in [-0.05, 0) is 41.8 Å². The Labute approximate surface area is 193 Å². The number of hydrogen-bond donors (Lipinski definition) is 0. The fraction of sp³-hybridized carbons (Fsp3) is 0.0800. The van der Waals surface area contributed by atoms with E-state index in [2.05, 4.69) is 29.6 Å². The fourth-order valence-electron chi connectivity index (χ4n) is 4.00. The molecular formula is C25H17ClN4OS. The first-order valence-corrected chi connectivity index (χ1v) is 11.5. The van der Waals surface area contributed by atoms with Crippen LogP contribution in [0.15, 0.2) is 94.0 Å². The van der Waals surface area contributed by atoms with Crippen LogP contribution in [0.5, 0.6) is 0 Å². The molecule has 0 amide bonds. The predicted octanol–water partition coefficient (Wildman–Crippen LogP) is 6.96. The van der Waals surface area contributed by atoms with Crippen molar-refractivity contribution in [3.05, 3.63) is 100 Å². The van der Waals surface area contributed by atoms with E-state index < -0.39 is 0 Å². The second-order valence-corrected chi connectivity index (χ2v) is 8.92. The average Bonchev–Trinajstić information content (AvgIpc) is 3.60. The number of furan rings is 1. The third kappa shape index (κ3) is 3.38. The lowest BCUT2D eigenvalue weighted by molar-refractivity contribution is 0.556. The molecule has 0 saturated carbocycles. The predicted molar refractivity (Wildman–Crippen MR) is 129 cm³/mol. The number of hydrazone groups is 1. The van der Waals surface area contributed by atoms with Crippen molar-refractivity contribution in [2.75, 3.05) is 5.01 Å². The number of thiophene rings is 1. The van der Waals surface area contributed by atoms with Gasteiger partial charge in [-0.25, -0.2) is 15.0 Å². The maximum absolute atomic E-state index is 6.32. The van der Waals surface area contributed by atoms with E-state index in [0.717, 1.165) is 33.6 Å². The van der Waals surface area contributed by atoms with Crippen LogP contribution < -0.4 is 5.01 Å². The molecule has 7 heteroatoms. The molecule has 0 spiro atoms. The van der Waals surface area contributed by atoms with Gasteiger partial charge in [-0.2, -0.15) is 5.10 Å². The van der Waals surface area contributed by atoms with Crippen LogP contribution in [0, 0.1) is 0 Å². The van der Waals surface area contributed by atoms with E-state index in [0.29, 0.717) is 17.4 Å². The molecule has 0 aliphatic carbocycles. The summed E-state index contributed by atoms with van der Waals surface area (Å²) in [7, 11) is 0. The van der Waals surface area contributed by atoms with Gasteiger partial charge in [0.15, 0.2) is 0 Å². The Morgan fingerprint density at radius 1 is 0.969 bits per heavy atom. The lowest BCUT2D eigenvalue weighted by Crippen LogP contribution is -2.20. The van der Waals surface area contributed by atoms with Gasteiger partial charge in [0.1, 0.15) is 11.5 Å². The molecule has 5 nitrogen and oxygen atoms in total. The SMILES string of the molecule is Clc1ccc2c(-c3ccccc3)nc(N3N=C(c4ccco4)C[C@@H]3c3cccs3)nc2c1. The number of anilines is 1. The minimum absolute atomic E-state index is 0.00430. The van der Waals surface area contributed by atoms with E-state index in [9.17, 15) is 0 Å². The largest absolute Gasteiger partial charge is 0.463 e. The van der Waals surface area contributed by atoms with Crippen LogP contribution in [0.1, 0.15) is 23.1 Å². The summed E-state index contributed by atoms with van der Waals surface area (Å²) in [5, 5.41) is 10.5. The van der Waals surface area contributed by atoms with Crippen LogP contribution in [0.2, 0.25) is 5.02 Å². The average molecular weight is 457 g/mol. The van der Waals surface area contributed by atoms with Crippen molar-refractivity contribution < 1.29 is 4.42 Å². The Morgan fingerprint density at radius 3 is 2.66 bits per heavy atom. The number of rotatable bonds is 4. The summed E-state index contributed by atoms with van der Waals surface area (Å²) < 4.78 is 5.63. The summed E-state index contributed by atoms with van der Waals surface area (Å²) >= 11 is 8.02. The smallest absolute Gasteiger partial charge is 0.247 e. The molecule has 32 heavy (non-hydrogen) atoms. The summed E-state index contributed by atoms with van der Waals surface area (Å²) in [5.74, 6) is 1.31. The van der Waals surface area contributed by atoms with Crippen LogP contribution in [0.3, 0.4) is 0 Å². The summed E-state index contributed by atoms with van der Waals surface area (Å²) in [4.78, 5) is 11.1. The van der Waals surface area contributed by atoms with Gasteiger partial charge in [0.2, 0.25) is 5.95 Å². The molecule has 0 unspecified atom stereocenters. The third-order valence-corrected chi connectivity index (χ3v) is 6.70. The van der Waals surface area contributed by atoms with Crippen molar-refractivity contribution in [3.63, 3.8) is 0 Å². The number of nitrogens with zero attached hydrogens (tertiary/aromatic N) is 4. The van der Waals surface area contributed by atoms with Crippen molar-refractivity contribution in [2.24, 2.45) is 5.10 Å².